The van der Waals surface area contributed by atoms with Gasteiger partial charge in [-0.3, -0.25) is 14.9 Å². The Balaban J connectivity index is 2.10. The minimum Gasteiger partial charge on any atom is -0.490 e. The van der Waals surface area contributed by atoms with Crippen LogP contribution in [-0.4, -0.2) is 27.9 Å². The number of rotatable bonds is 7. The normalized spacial score (nSPS) is 11.3. The van der Waals surface area contributed by atoms with Crippen molar-refractivity contribution >= 4 is 38.7 Å². The highest BCUT2D eigenvalue weighted by Crippen LogP contribution is 2.27. The first-order chi connectivity index (χ1) is 13.9. The molecule has 29 heavy (non-hydrogen) atoms. The summed E-state index contributed by atoms with van der Waals surface area (Å²) in [5.41, 5.74) is 0.619. The molecule has 0 aliphatic carbocycles. The minimum absolute atomic E-state index is 0.158. The highest BCUT2D eigenvalue weighted by atomic mass is 79.9. The molecule has 150 valence electrons. The van der Waals surface area contributed by atoms with Gasteiger partial charge in [-0.05, 0) is 36.8 Å². The molecule has 0 N–H and O–H groups in total. The molecule has 3 rings (SSSR count). The molecule has 0 amide bonds. The third-order valence-corrected chi connectivity index (χ3v) is 4.84. The van der Waals surface area contributed by atoms with Crippen LogP contribution in [0.3, 0.4) is 0 Å². The number of methoxy groups -OCH3 is 1. The van der Waals surface area contributed by atoms with E-state index in [1.54, 1.807) is 18.2 Å². The van der Waals surface area contributed by atoms with E-state index in [2.05, 4.69) is 32.9 Å². The van der Waals surface area contributed by atoms with Crippen LogP contribution in [-0.2, 0) is 6.42 Å². The fourth-order valence-corrected chi connectivity index (χ4v) is 3.23. The van der Waals surface area contributed by atoms with Crippen LogP contribution in [0.5, 0.6) is 5.75 Å². The van der Waals surface area contributed by atoms with Gasteiger partial charge in [-0.1, -0.05) is 29.3 Å². The van der Waals surface area contributed by atoms with E-state index < -0.39 is 4.92 Å². The number of aryl methyl sites for hydroxylation is 1. The molecule has 0 saturated heterocycles. The van der Waals surface area contributed by atoms with Crippen molar-refractivity contribution in [2.75, 3.05) is 7.11 Å². The third-order valence-electron chi connectivity index (χ3n) is 4.35. The number of nitro benzene ring substituents is 1. The summed E-state index contributed by atoms with van der Waals surface area (Å²) in [6, 6.07) is 9.81. The molecule has 0 radical (unpaired) electrons. The van der Waals surface area contributed by atoms with Gasteiger partial charge < -0.3 is 4.74 Å². The molecule has 0 bridgehead atoms. The number of fused-ring (bicyclic) bond motifs is 1. The van der Waals surface area contributed by atoms with Gasteiger partial charge in [0.15, 0.2) is 5.75 Å². The molecule has 1 aromatic heterocycles. The van der Waals surface area contributed by atoms with Gasteiger partial charge >= 0.3 is 5.69 Å². The Hall–Kier alpha value is -3.07. The number of nitrogens with zero attached hydrogens (tertiary/aromatic N) is 4. The van der Waals surface area contributed by atoms with Crippen LogP contribution in [0.4, 0.5) is 5.69 Å². The fraction of sp³-hybridized carbons (Fsp3) is 0.250. The molecule has 3 aromatic rings. The van der Waals surface area contributed by atoms with Crippen LogP contribution in [0.1, 0.15) is 31.2 Å². The predicted octanol–water partition coefficient (Wildman–Crippen LogP) is 4.30. The summed E-state index contributed by atoms with van der Waals surface area (Å²) in [6.45, 7) is 2.06. The van der Waals surface area contributed by atoms with Crippen molar-refractivity contribution in [1.82, 2.24) is 9.66 Å². The molecule has 0 fully saturated rings. The van der Waals surface area contributed by atoms with E-state index in [1.165, 1.54) is 30.1 Å². The highest BCUT2D eigenvalue weighted by molar-refractivity contribution is 9.10. The molecule has 0 spiro atoms. The minimum atomic E-state index is -0.524. The van der Waals surface area contributed by atoms with Gasteiger partial charge in [0.2, 0.25) is 0 Å². The van der Waals surface area contributed by atoms with Gasteiger partial charge in [-0.25, -0.2) is 4.98 Å². The first-order valence-electron chi connectivity index (χ1n) is 9.02. The van der Waals surface area contributed by atoms with Gasteiger partial charge in [-0.15, -0.1) is 0 Å². The first-order valence-corrected chi connectivity index (χ1v) is 9.82. The Kier molecular flexibility index (Phi) is 6.38. The van der Waals surface area contributed by atoms with Crippen molar-refractivity contribution in [2.24, 2.45) is 5.10 Å². The van der Waals surface area contributed by atoms with Gasteiger partial charge in [-0.2, -0.15) is 9.78 Å². The van der Waals surface area contributed by atoms with Gasteiger partial charge in [0.1, 0.15) is 5.82 Å². The molecule has 9 heteroatoms. The second-order valence-electron chi connectivity index (χ2n) is 6.34. The summed E-state index contributed by atoms with van der Waals surface area (Å²) in [4.78, 5) is 28.3. The number of benzene rings is 2. The summed E-state index contributed by atoms with van der Waals surface area (Å²) in [6.07, 6.45) is 3.81. The molecular weight excluding hydrogens is 440 g/mol. The average molecular weight is 459 g/mol. The third kappa shape index (κ3) is 4.51. The summed E-state index contributed by atoms with van der Waals surface area (Å²) >= 11 is 3.37. The lowest BCUT2D eigenvalue weighted by Crippen LogP contribution is -2.22. The number of ether oxygens (including phenoxy) is 1. The number of aromatic nitrogens is 2. The van der Waals surface area contributed by atoms with Crippen LogP contribution in [0.25, 0.3) is 10.9 Å². The zero-order chi connectivity index (χ0) is 21.0. The topological polar surface area (TPSA) is 99.6 Å². The Morgan fingerprint density at radius 2 is 2.10 bits per heavy atom. The largest absolute Gasteiger partial charge is 0.490 e. The van der Waals surface area contributed by atoms with Crippen LogP contribution in [0.15, 0.2) is 50.8 Å². The van der Waals surface area contributed by atoms with Crippen molar-refractivity contribution in [3.05, 3.63) is 72.7 Å². The van der Waals surface area contributed by atoms with E-state index in [1.807, 2.05) is 6.07 Å². The summed E-state index contributed by atoms with van der Waals surface area (Å²) in [7, 11) is 1.37. The van der Waals surface area contributed by atoms with E-state index in [0.29, 0.717) is 28.7 Å². The summed E-state index contributed by atoms with van der Waals surface area (Å²) < 4.78 is 7.04. The molecule has 0 aliphatic heterocycles. The SMILES string of the molecule is CCCCc1nc2ccc(Br)cc2c(=O)n1N=Cc1ccc(OC)c([N+](=O)[O-])c1. The molecule has 0 aliphatic rings. The Morgan fingerprint density at radius 1 is 1.31 bits per heavy atom. The van der Waals surface area contributed by atoms with E-state index >= 15 is 0 Å². The van der Waals surface area contributed by atoms with Crippen LogP contribution < -0.4 is 10.3 Å². The zero-order valence-corrected chi connectivity index (χ0v) is 17.5. The molecule has 2 aromatic carbocycles. The average Bonchev–Trinajstić information content (AvgIpc) is 2.72. The summed E-state index contributed by atoms with van der Waals surface area (Å²) in [5, 5.41) is 16.0. The second-order valence-corrected chi connectivity index (χ2v) is 7.26. The van der Waals surface area contributed by atoms with Crippen molar-refractivity contribution in [3.63, 3.8) is 0 Å². The van der Waals surface area contributed by atoms with Crippen LogP contribution in [0.2, 0.25) is 0 Å². The second kappa shape index (κ2) is 8.95. The zero-order valence-electron chi connectivity index (χ0n) is 16.0. The molecule has 8 nitrogen and oxygen atoms in total. The molecule has 1 heterocycles. The standard InChI is InChI=1S/C20H19BrN4O4/c1-3-4-5-19-23-16-8-7-14(21)11-15(16)20(26)24(19)22-12-13-6-9-18(29-2)17(10-13)25(27)28/h6-12H,3-5H2,1-2H3. The van der Waals surface area contributed by atoms with Crippen LogP contribution in [0, 0.1) is 10.1 Å². The van der Waals surface area contributed by atoms with Gasteiger partial charge in [0.05, 0.1) is 29.2 Å². The lowest BCUT2D eigenvalue weighted by molar-refractivity contribution is -0.385. The number of hydrogen-bond donors (Lipinski definition) is 0. The number of unbranched alkanes of at least 4 members (excludes halogenated alkanes) is 1. The van der Waals surface area contributed by atoms with Gasteiger partial charge in [0, 0.05) is 22.5 Å². The quantitative estimate of drug-likeness (QED) is 0.298. The number of nitro groups is 1. The van der Waals surface area contributed by atoms with E-state index in [-0.39, 0.29) is 17.0 Å². The smallest absolute Gasteiger partial charge is 0.311 e. The number of halogens is 1. The van der Waals surface area contributed by atoms with Crippen LogP contribution >= 0.6 is 15.9 Å². The maximum atomic E-state index is 13.0. The molecular formula is C20H19BrN4O4. The first kappa shape index (κ1) is 20.7. The maximum absolute atomic E-state index is 13.0. The number of hydrogen-bond acceptors (Lipinski definition) is 6. The fourth-order valence-electron chi connectivity index (χ4n) is 2.86. The lowest BCUT2D eigenvalue weighted by atomic mass is 10.2. The maximum Gasteiger partial charge on any atom is 0.311 e. The lowest BCUT2D eigenvalue weighted by Gasteiger charge is -2.09. The van der Waals surface area contributed by atoms with E-state index in [4.69, 9.17) is 4.74 Å². The monoisotopic (exact) mass is 458 g/mol. The van der Waals surface area contributed by atoms with Gasteiger partial charge in [0.25, 0.3) is 5.56 Å². The van der Waals surface area contributed by atoms with Crippen molar-refractivity contribution in [1.29, 1.82) is 0 Å². The van der Waals surface area contributed by atoms with E-state index in [0.717, 1.165) is 17.3 Å². The Morgan fingerprint density at radius 3 is 2.79 bits per heavy atom. The Labute approximate surface area is 175 Å². The Bertz CT molecular complexity index is 1160. The predicted molar refractivity (Wildman–Crippen MR) is 115 cm³/mol. The molecule has 0 saturated carbocycles. The summed E-state index contributed by atoms with van der Waals surface area (Å²) in [5.74, 6) is 0.705. The van der Waals surface area contributed by atoms with Crippen molar-refractivity contribution in [2.45, 2.75) is 26.2 Å². The molecule has 0 atom stereocenters. The highest BCUT2D eigenvalue weighted by Gasteiger charge is 2.15. The van der Waals surface area contributed by atoms with Crippen molar-refractivity contribution < 1.29 is 9.66 Å². The van der Waals surface area contributed by atoms with E-state index in [9.17, 15) is 14.9 Å². The van der Waals surface area contributed by atoms with Crippen molar-refractivity contribution in [3.8, 4) is 5.75 Å². The molecule has 0 unspecified atom stereocenters.